The van der Waals surface area contributed by atoms with Gasteiger partial charge in [0, 0.05) is 49.0 Å². The third-order valence-corrected chi connectivity index (χ3v) is 6.30. The largest absolute Gasteiger partial charge is 0.368 e. The average molecular weight is 474 g/mol. The van der Waals surface area contributed by atoms with Crippen molar-refractivity contribution < 1.29 is 9.72 Å². The fourth-order valence-corrected chi connectivity index (χ4v) is 4.31. The number of nitro groups is 1. The van der Waals surface area contributed by atoms with Gasteiger partial charge in [0.2, 0.25) is 0 Å². The Labute approximate surface area is 195 Å². The van der Waals surface area contributed by atoms with Gasteiger partial charge >= 0.3 is 0 Å². The van der Waals surface area contributed by atoms with Crippen LogP contribution in [0.15, 0.2) is 48.5 Å². The van der Waals surface area contributed by atoms with E-state index in [1.807, 2.05) is 18.2 Å². The van der Waals surface area contributed by atoms with Crippen LogP contribution < -0.4 is 4.90 Å². The molecule has 32 heavy (non-hydrogen) atoms. The van der Waals surface area contributed by atoms with Gasteiger partial charge in [0.05, 0.1) is 22.7 Å². The molecule has 0 atom stereocenters. The van der Waals surface area contributed by atoms with Crippen LogP contribution in [0.25, 0.3) is 0 Å². The molecule has 10 heteroatoms. The molecule has 2 heterocycles. The number of anilines is 1. The van der Waals surface area contributed by atoms with Crippen molar-refractivity contribution in [2.75, 3.05) is 31.1 Å². The Kier molecular flexibility index (Phi) is 6.34. The van der Waals surface area contributed by atoms with Crippen LogP contribution in [-0.4, -0.2) is 51.7 Å². The lowest BCUT2D eigenvalue weighted by atomic mass is 10.2. The number of aromatic nitrogens is 2. The maximum absolute atomic E-state index is 13.2. The predicted octanol–water partition coefficient (Wildman–Crippen LogP) is 4.42. The van der Waals surface area contributed by atoms with Gasteiger partial charge in [0.25, 0.3) is 11.6 Å². The second kappa shape index (κ2) is 9.18. The van der Waals surface area contributed by atoms with Crippen molar-refractivity contribution in [3.8, 4) is 0 Å². The molecule has 1 aromatic heterocycles. The summed E-state index contributed by atoms with van der Waals surface area (Å²) in [4.78, 5) is 27.5. The first kappa shape index (κ1) is 22.1. The zero-order valence-corrected chi connectivity index (χ0v) is 18.9. The van der Waals surface area contributed by atoms with Gasteiger partial charge in [0.1, 0.15) is 5.15 Å². The number of hydrogen-bond acceptors (Lipinski definition) is 5. The highest BCUT2D eigenvalue weighted by atomic mass is 35.5. The molecule has 2 aromatic carbocycles. The normalized spacial score (nSPS) is 14.0. The number of benzene rings is 2. The molecule has 0 bridgehead atoms. The predicted molar refractivity (Wildman–Crippen MR) is 124 cm³/mol. The summed E-state index contributed by atoms with van der Waals surface area (Å²) in [7, 11) is 0. The first-order valence-electron chi connectivity index (χ1n) is 10.1. The fraction of sp³-hybridized carbons (Fsp3) is 0.273. The van der Waals surface area contributed by atoms with E-state index in [0.29, 0.717) is 54.2 Å². The first-order chi connectivity index (χ1) is 15.3. The monoisotopic (exact) mass is 473 g/mol. The van der Waals surface area contributed by atoms with E-state index in [0.717, 1.165) is 11.3 Å². The van der Waals surface area contributed by atoms with Crippen molar-refractivity contribution >= 4 is 40.5 Å². The quantitative estimate of drug-likeness (QED) is 0.404. The Morgan fingerprint density at radius 1 is 1.06 bits per heavy atom. The van der Waals surface area contributed by atoms with Gasteiger partial charge in [-0.2, -0.15) is 5.10 Å². The van der Waals surface area contributed by atoms with Crippen LogP contribution in [0.4, 0.5) is 11.4 Å². The molecule has 1 fully saturated rings. The van der Waals surface area contributed by atoms with Gasteiger partial charge in [-0.05, 0) is 30.7 Å². The third kappa shape index (κ3) is 4.42. The summed E-state index contributed by atoms with van der Waals surface area (Å²) in [5.74, 6) is -0.152. The molecule has 1 saturated heterocycles. The Hall–Kier alpha value is -3.10. The van der Waals surface area contributed by atoms with Crippen LogP contribution in [-0.2, 0) is 6.54 Å². The molecule has 3 aromatic rings. The summed E-state index contributed by atoms with van der Waals surface area (Å²) < 4.78 is 1.60. The summed E-state index contributed by atoms with van der Waals surface area (Å²) in [5, 5.41) is 16.2. The number of nitrogens with zero attached hydrogens (tertiary/aromatic N) is 5. The maximum Gasteiger partial charge on any atom is 0.269 e. The van der Waals surface area contributed by atoms with Gasteiger partial charge in [-0.3, -0.25) is 14.9 Å². The molecule has 1 aliphatic rings. The maximum atomic E-state index is 13.2. The molecule has 0 radical (unpaired) electrons. The van der Waals surface area contributed by atoms with Crippen LogP contribution in [0.5, 0.6) is 0 Å². The zero-order chi connectivity index (χ0) is 22.8. The van der Waals surface area contributed by atoms with Gasteiger partial charge in [0.15, 0.2) is 0 Å². The van der Waals surface area contributed by atoms with Gasteiger partial charge < -0.3 is 9.80 Å². The topological polar surface area (TPSA) is 84.5 Å². The number of carbonyl (C=O) groups is 1. The highest BCUT2D eigenvalue weighted by molar-refractivity contribution is 6.33. The van der Waals surface area contributed by atoms with Crippen molar-refractivity contribution in [2.45, 2.75) is 13.5 Å². The van der Waals surface area contributed by atoms with Crippen LogP contribution in [0.2, 0.25) is 10.2 Å². The Balaban J connectivity index is 1.45. The van der Waals surface area contributed by atoms with Crippen LogP contribution >= 0.6 is 23.2 Å². The second-order valence-electron chi connectivity index (χ2n) is 7.55. The lowest BCUT2D eigenvalue weighted by Crippen LogP contribution is -2.49. The Morgan fingerprint density at radius 2 is 1.72 bits per heavy atom. The number of non-ortho nitro benzene ring substituents is 1. The highest BCUT2D eigenvalue weighted by Gasteiger charge is 2.28. The molecule has 0 saturated carbocycles. The minimum atomic E-state index is -0.418. The summed E-state index contributed by atoms with van der Waals surface area (Å²) in [6, 6.07) is 13.9. The van der Waals surface area contributed by atoms with E-state index in [1.165, 1.54) is 12.1 Å². The Morgan fingerprint density at radius 3 is 2.34 bits per heavy atom. The molecular formula is C22H21Cl2N5O3. The van der Waals surface area contributed by atoms with Gasteiger partial charge in [-0.15, -0.1) is 0 Å². The van der Waals surface area contributed by atoms with Crippen molar-refractivity contribution in [3.63, 3.8) is 0 Å². The number of carbonyl (C=O) groups excluding carboxylic acids is 1. The molecule has 1 aliphatic heterocycles. The first-order valence-corrected chi connectivity index (χ1v) is 10.9. The summed E-state index contributed by atoms with van der Waals surface area (Å²) in [5.41, 5.74) is 2.80. The molecular weight excluding hydrogens is 453 g/mol. The highest BCUT2D eigenvalue weighted by Crippen LogP contribution is 2.26. The van der Waals surface area contributed by atoms with Crippen molar-refractivity contribution in [1.82, 2.24) is 14.7 Å². The van der Waals surface area contributed by atoms with E-state index in [9.17, 15) is 14.9 Å². The summed E-state index contributed by atoms with van der Waals surface area (Å²) >= 11 is 12.8. The van der Waals surface area contributed by atoms with Crippen molar-refractivity contribution in [3.05, 3.63) is 85.6 Å². The number of halogens is 2. The van der Waals surface area contributed by atoms with E-state index in [2.05, 4.69) is 10.00 Å². The van der Waals surface area contributed by atoms with E-state index in [-0.39, 0.29) is 11.6 Å². The standard InChI is InChI=1S/C22H21Cl2N5O3/c1-15-20(21(24)28(25-15)14-16-4-2-3-5-19(16)23)22(30)27-12-10-26(11-13-27)17-6-8-18(9-7-17)29(31)32/h2-9H,10-14H2,1H3. The smallest absolute Gasteiger partial charge is 0.269 e. The number of aryl methyl sites for hydroxylation is 1. The van der Waals surface area contributed by atoms with E-state index in [4.69, 9.17) is 23.2 Å². The zero-order valence-electron chi connectivity index (χ0n) is 17.4. The molecule has 166 valence electrons. The number of piperazine rings is 1. The molecule has 0 unspecified atom stereocenters. The van der Waals surface area contributed by atoms with E-state index < -0.39 is 4.92 Å². The van der Waals surface area contributed by atoms with Gasteiger partial charge in [-0.1, -0.05) is 41.4 Å². The summed E-state index contributed by atoms with van der Waals surface area (Å²) in [6.07, 6.45) is 0. The summed E-state index contributed by atoms with van der Waals surface area (Å²) in [6.45, 7) is 4.42. The SMILES string of the molecule is Cc1nn(Cc2ccccc2Cl)c(Cl)c1C(=O)N1CCN(c2ccc([N+](=O)[O-])cc2)CC1. The van der Waals surface area contributed by atoms with Crippen molar-refractivity contribution in [1.29, 1.82) is 0 Å². The molecule has 0 aliphatic carbocycles. The minimum absolute atomic E-state index is 0.0569. The van der Waals surface area contributed by atoms with Crippen LogP contribution in [0.1, 0.15) is 21.6 Å². The molecule has 8 nitrogen and oxygen atoms in total. The minimum Gasteiger partial charge on any atom is -0.368 e. The fourth-order valence-electron chi connectivity index (χ4n) is 3.80. The van der Waals surface area contributed by atoms with Crippen molar-refractivity contribution in [2.24, 2.45) is 0 Å². The van der Waals surface area contributed by atoms with E-state index >= 15 is 0 Å². The molecule has 1 amide bonds. The number of amides is 1. The average Bonchev–Trinajstić information content (AvgIpc) is 3.07. The lowest BCUT2D eigenvalue weighted by Gasteiger charge is -2.36. The Bertz CT molecular complexity index is 1150. The number of rotatable bonds is 5. The third-order valence-electron chi connectivity index (χ3n) is 5.55. The lowest BCUT2D eigenvalue weighted by molar-refractivity contribution is -0.384. The molecule has 0 N–H and O–H groups in total. The molecule has 4 rings (SSSR count). The van der Waals surface area contributed by atoms with Crippen LogP contribution in [0.3, 0.4) is 0 Å². The second-order valence-corrected chi connectivity index (χ2v) is 8.32. The number of nitro benzene ring substituents is 1. The number of hydrogen-bond donors (Lipinski definition) is 0. The van der Waals surface area contributed by atoms with E-state index in [1.54, 1.807) is 34.7 Å². The van der Waals surface area contributed by atoms with Crippen LogP contribution in [0, 0.1) is 17.0 Å². The molecule has 0 spiro atoms. The van der Waals surface area contributed by atoms with Gasteiger partial charge in [-0.25, -0.2) is 4.68 Å².